The predicted molar refractivity (Wildman–Crippen MR) is 31.9 cm³/mol. The highest BCUT2D eigenvalue weighted by molar-refractivity contribution is 7.16. The van der Waals surface area contributed by atoms with Gasteiger partial charge in [-0.2, -0.15) is 0 Å². The second-order valence-corrected chi connectivity index (χ2v) is 2.26. The van der Waals surface area contributed by atoms with Gasteiger partial charge in [0.25, 0.3) is 0 Å². The van der Waals surface area contributed by atoms with E-state index in [9.17, 15) is 0 Å². The van der Waals surface area contributed by atoms with Crippen LogP contribution < -0.4 is 0 Å². The fourth-order valence-electron chi connectivity index (χ4n) is 0.604. The molecule has 0 aliphatic carbocycles. The van der Waals surface area contributed by atoms with Crippen LogP contribution in [-0.2, 0) is 0 Å². The fourth-order valence-corrected chi connectivity index (χ4v) is 1.22. The third-order valence-corrected chi connectivity index (χ3v) is 1.69. The van der Waals surface area contributed by atoms with Gasteiger partial charge in [-0.1, -0.05) is 11.3 Å². The summed E-state index contributed by atoms with van der Waals surface area (Å²) in [6, 6.07) is 1.85. The standard InChI is InChI=1S/C5H3NOS/c1-2-7-5-4(1)6-3-8-5/h1-3H. The lowest BCUT2D eigenvalue weighted by Crippen LogP contribution is -1.49. The van der Waals surface area contributed by atoms with E-state index in [4.69, 9.17) is 4.42 Å². The van der Waals surface area contributed by atoms with Crippen molar-refractivity contribution in [2.24, 2.45) is 0 Å². The number of thiazole rings is 1. The van der Waals surface area contributed by atoms with Gasteiger partial charge in [0.15, 0.2) is 0 Å². The number of aromatic nitrogens is 1. The quantitative estimate of drug-likeness (QED) is 0.537. The molecule has 2 rings (SSSR count). The largest absolute Gasteiger partial charge is 0.452 e. The van der Waals surface area contributed by atoms with Crippen LogP contribution in [0.5, 0.6) is 0 Å². The Morgan fingerprint density at radius 3 is 3.50 bits per heavy atom. The maximum atomic E-state index is 5.01. The Morgan fingerprint density at radius 1 is 1.62 bits per heavy atom. The summed E-state index contributed by atoms with van der Waals surface area (Å²) in [7, 11) is 0. The van der Waals surface area contributed by atoms with Gasteiger partial charge in [-0.05, 0) is 0 Å². The van der Waals surface area contributed by atoms with Gasteiger partial charge in [-0.15, -0.1) is 0 Å². The fraction of sp³-hybridized carbons (Fsp3) is 0. The predicted octanol–water partition coefficient (Wildman–Crippen LogP) is 1.89. The molecule has 0 saturated carbocycles. The molecule has 0 spiro atoms. The molecule has 0 radical (unpaired) electrons. The van der Waals surface area contributed by atoms with E-state index in [-0.39, 0.29) is 0 Å². The Bertz CT molecular complexity index is 234. The van der Waals surface area contributed by atoms with Crippen LogP contribution in [0.2, 0.25) is 0 Å². The van der Waals surface area contributed by atoms with Crippen molar-refractivity contribution < 1.29 is 4.42 Å². The summed E-state index contributed by atoms with van der Waals surface area (Å²) < 4.78 is 5.01. The number of nitrogens with zero attached hydrogens (tertiary/aromatic N) is 1. The third kappa shape index (κ3) is 0.391. The smallest absolute Gasteiger partial charge is 0.207 e. The van der Waals surface area contributed by atoms with E-state index in [0.717, 1.165) is 10.4 Å². The zero-order valence-corrected chi connectivity index (χ0v) is 4.81. The van der Waals surface area contributed by atoms with Crippen molar-refractivity contribution in [1.29, 1.82) is 0 Å². The Hall–Kier alpha value is -0.830. The van der Waals surface area contributed by atoms with Gasteiger partial charge in [0, 0.05) is 6.07 Å². The van der Waals surface area contributed by atoms with Gasteiger partial charge < -0.3 is 4.42 Å². The summed E-state index contributed by atoms with van der Waals surface area (Å²) in [4.78, 5) is 4.91. The van der Waals surface area contributed by atoms with Gasteiger partial charge in [0.2, 0.25) is 4.90 Å². The molecule has 2 aromatic heterocycles. The number of hydrogen-bond acceptors (Lipinski definition) is 3. The van der Waals surface area contributed by atoms with Crippen LogP contribution in [0.15, 0.2) is 22.3 Å². The molecule has 0 fully saturated rings. The Balaban J connectivity index is 3.06. The molecule has 8 heavy (non-hydrogen) atoms. The summed E-state index contributed by atoms with van der Waals surface area (Å²) >= 11 is 1.52. The van der Waals surface area contributed by atoms with Crippen molar-refractivity contribution in [2.45, 2.75) is 0 Å². The van der Waals surface area contributed by atoms with Crippen molar-refractivity contribution in [2.75, 3.05) is 0 Å². The molecule has 0 aromatic carbocycles. The van der Waals surface area contributed by atoms with Crippen LogP contribution in [0.1, 0.15) is 0 Å². The summed E-state index contributed by atoms with van der Waals surface area (Å²) in [5.41, 5.74) is 2.73. The summed E-state index contributed by atoms with van der Waals surface area (Å²) in [6.45, 7) is 0. The Morgan fingerprint density at radius 2 is 2.62 bits per heavy atom. The minimum Gasteiger partial charge on any atom is -0.452 e. The average molecular weight is 125 g/mol. The van der Waals surface area contributed by atoms with Gasteiger partial charge in [0.05, 0.1) is 11.8 Å². The molecule has 2 aromatic rings. The highest BCUT2D eigenvalue weighted by Crippen LogP contribution is 2.16. The van der Waals surface area contributed by atoms with Crippen molar-refractivity contribution in [1.82, 2.24) is 4.98 Å². The topological polar surface area (TPSA) is 26.0 Å². The minimum atomic E-state index is 0.907. The summed E-state index contributed by atoms with van der Waals surface area (Å²) in [5.74, 6) is 0. The highest BCUT2D eigenvalue weighted by atomic mass is 32.1. The molecular formula is C5H3NOS. The summed E-state index contributed by atoms with van der Waals surface area (Å²) in [5, 5.41) is 0. The first-order chi connectivity index (χ1) is 3.97. The van der Waals surface area contributed by atoms with E-state index in [0.29, 0.717) is 0 Å². The molecule has 0 atom stereocenters. The minimum absolute atomic E-state index is 0.907. The number of rotatable bonds is 0. The van der Waals surface area contributed by atoms with Crippen molar-refractivity contribution in [3.05, 3.63) is 17.8 Å². The van der Waals surface area contributed by atoms with E-state index in [1.54, 1.807) is 11.8 Å². The zero-order valence-electron chi connectivity index (χ0n) is 4.00. The Labute approximate surface area is 49.8 Å². The van der Waals surface area contributed by atoms with E-state index in [2.05, 4.69) is 4.98 Å². The van der Waals surface area contributed by atoms with E-state index in [1.165, 1.54) is 11.3 Å². The first-order valence-corrected chi connectivity index (χ1v) is 3.11. The second-order valence-electron chi connectivity index (χ2n) is 1.45. The van der Waals surface area contributed by atoms with Crippen molar-refractivity contribution >= 4 is 21.8 Å². The van der Waals surface area contributed by atoms with Gasteiger partial charge in [-0.3, -0.25) is 0 Å². The molecule has 2 heterocycles. The van der Waals surface area contributed by atoms with Crippen molar-refractivity contribution in [3.8, 4) is 0 Å². The molecule has 0 amide bonds. The van der Waals surface area contributed by atoms with E-state index >= 15 is 0 Å². The molecule has 0 aliphatic heterocycles. The van der Waals surface area contributed by atoms with Crippen LogP contribution in [0.25, 0.3) is 10.4 Å². The first kappa shape index (κ1) is 4.09. The molecule has 0 unspecified atom stereocenters. The van der Waals surface area contributed by atoms with Crippen LogP contribution in [0, 0.1) is 0 Å². The molecule has 40 valence electrons. The van der Waals surface area contributed by atoms with Crippen molar-refractivity contribution in [3.63, 3.8) is 0 Å². The highest BCUT2D eigenvalue weighted by Gasteiger charge is 1.94. The van der Waals surface area contributed by atoms with Gasteiger partial charge >= 0.3 is 0 Å². The SMILES string of the molecule is c1cc2ncsc2o1. The van der Waals surface area contributed by atoms with Crippen LogP contribution in [-0.4, -0.2) is 4.98 Å². The van der Waals surface area contributed by atoms with E-state index < -0.39 is 0 Å². The molecule has 0 N–H and O–H groups in total. The molecule has 0 bridgehead atoms. The van der Waals surface area contributed by atoms with Gasteiger partial charge in [0.1, 0.15) is 5.52 Å². The first-order valence-electron chi connectivity index (χ1n) is 2.23. The van der Waals surface area contributed by atoms with Crippen LogP contribution in [0.3, 0.4) is 0 Å². The average Bonchev–Trinajstić information content (AvgIpc) is 2.15. The lowest BCUT2D eigenvalue weighted by molar-refractivity contribution is 0.623. The maximum absolute atomic E-state index is 5.01. The van der Waals surface area contributed by atoms with E-state index in [1.807, 2.05) is 6.07 Å². The maximum Gasteiger partial charge on any atom is 0.207 e. The molecule has 2 nitrogen and oxygen atoms in total. The second kappa shape index (κ2) is 1.32. The summed E-state index contributed by atoms with van der Waals surface area (Å²) in [6.07, 6.45) is 1.65. The lowest BCUT2D eigenvalue weighted by atomic mass is 10.6. The number of furan rings is 1. The third-order valence-electron chi connectivity index (χ3n) is 0.962. The lowest BCUT2D eigenvalue weighted by Gasteiger charge is -1.63. The molecule has 0 aliphatic rings. The molecule has 0 saturated heterocycles. The normalized spacial score (nSPS) is 10.5. The van der Waals surface area contributed by atoms with Gasteiger partial charge in [-0.25, -0.2) is 4.98 Å². The molecular weight excluding hydrogens is 122 g/mol. The van der Waals surface area contributed by atoms with Crippen LogP contribution in [0.4, 0.5) is 0 Å². The number of fused-ring (bicyclic) bond motifs is 1. The molecule has 3 heteroatoms. The van der Waals surface area contributed by atoms with Crippen LogP contribution >= 0.6 is 11.3 Å². The zero-order chi connectivity index (χ0) is 5.40. The Kier molecular flexibility index (Phi) is 0.676. The number of hydrogen-bond donors (Lipinski definition) is 0. The monoisotopic (exact) mass is 125 g/mol.